The number of hydrogen-bond donors (Lipinski definition) is 1. The molecule has 29 heavy (non-hydrogen) atoms. The van der Waals surface area contributed by atoms with Crippen molar-refractivity contribution in [2.24, 2.45) is 5.10 Å². The predicted molar refractivity (Wildman–Crippen MR) is 106 cm³/mol. The maximum absolute atomic E-state index is 12.4. The Morgan fingerprint density at radius 2 is 1.86 bits per heavy atom. The van der Waals surface area contributed by atoms with Crippen LogP contribution in [0.1, 0.15) is 26.4 Å². The minimum atomic E-state index is -0.502. The average Bonchev–Trinajstić information content (AvgIpc) is 3.19. The number of benzene rings is 2. The van der Waals surface area contributed by atoms with Crippen LogP contribution in [0.15, 0.2) is 59.7 Å². The van der Waals surface area contributed by atoms with E-state index in [9.17, 15) is 9.59 Å². The number of rotatable bonds is 8. The van der Waals surface area contributed by atoms with Crippen LogP contribution in [0.3, 0.4) is 0 Å². The standard InChI is InChI=1S/C20H19N5O4/c1-21-19(27)18-20(25(24-23-18)22-12-14-6-4-3-5-7-14)29-13-17(26)15-8-10-16(28-2)11-9-15/h3-12H,13H2,1-2H3,(H,21,27). The Bertz CT molecular complexity index is 1010. The number of carbonyl (C=O) groups excluding carboxylic acids is 2. The maximum atomic E-state index is 12.4. The van der Waals surface area contributed by atoms with Crippen LogP contribution in [0.25, 0.3) is 0 Å². The van der Waals surface area contributed by atoms with Crippen LogP contribution < -0.4 is 14.8 Å². The lowest BCUT2D eigenvalue weighted by Gasteiger charge is -2.07. The van der Waals surface area contributed by atoms with Gasteiger partial charge >= 0.3 is 0 Å². The molecule has 0 aliphatic carbocycles. The molecule has 1 heterocycles. The molecule has 148 valence electrons. The summed E-state index contributed by atoms with van der Waals surface area (Å²) in [5.41, 5.74) is 1.20. The third-order valence-corrected chi connectivity index (χ3v) is 3.92. The summed E-state index contributed by atoms with van der Waals surface area (Å²) in [4.78, 5) is 25.5. The van der Waals surface area contributed by atoms with Gasteiger partial charge in [0.25, 0.3) is 11.8 Å². The summed E-state index contributed by atoms with van der Waals surface area (Å²) in [6, 6.07) is 15.9. The van der Waals surface area contributed by atoms with E-state index in [0.29, 0.717) is 11.3 Å². The van der Waals surface area contributed by atoms with Crippen molar-refractivity contribution in [1.82, 2.24) is 20.4 Å². The van der Waals surface area contributed by atoms with E-state index >= 15 is 0 Å². The van der Waals surface area contributed by atoms with Crippen molar-refractivity contribution < 1.29 is 19.1 Å². The van der Waals surface area contributed by atoms with Gasteiger partial charge in [-0.1, -0.05) is 35.1 Å². The highest BCUT2D eigenvalue weighted by Crippen LogP contribution is 2.17. The van der Waals surface area contributed by atoms with Crippen LogP contribution in [0, 0.1) is 0 Å². The van der Waals surface area contributed by atoms with Crippen molar-refractivity contribution in [1.29, 1.82) is 0 Å². The predicted octanol–water partition coefficient (Wildman–Crippen LogP) is 1.79. The number of methoxy groups -OCH3 is 1. The molecule has 0 aliphatic rings. The summed E-state index contributed by atoms with van der Waals surface area (Å²) in [7, 11) is 3.01. The summed E-state index contributed by atoms with van der Waals surface area (Å²) < 4.78 is 10.7. The fraction of sp³-hybridized carbons (Fsp3) is 0.150. The quantitative estimate of drug-likeness (QED) is 0.462. The van der Waals surface area contributed by atoms with Gasteiger partial charge in [0.15, 0.2) is 12.4 Å². The number of nitrogens with zero attached hydrogens (tertiary/aromatic N) is 4. The number of nitrogens with one attached hydrogen (secondary N) is 1. The highest BCUT2D eigenvalue weighted by atomic mass is 16.5. The van der Waals surface area contributed by atoms with Gasteiger partial charge in [0.1, 0.15) is 5.75 Å². The summed E-state index contributed by atoms with van der Waals surface area (Å²) in [5.74, 6) is -0.173. The SMILES string of the molecule is CNC(=O)c1nnn(N=Cc2ccccc2)c1OCC(=O)c1ccc(OC)cc1. The van der Waals surface area contributed by atoms with E-state index < -0.39 is 5.91 Å². The van der Waals surface area contributed by atoms with Crippen LogP contribution in [0.5, 0.6) is 11.6 Å². The van der Waals surface area contributed by atoms with Gasteiger partial charge in [-0.2, -0.15) is 5.10 Å². The van der Waals surface area contributed by atoms with Crippen molar-refractivity contribution in [3.8, 4) is 11.6 Å². The summed E-state index contributed by atoms with van der Waals surface area (Å²) in [6.45, 7) is -0.315. The zero-order valence-electron chi connectivity index (χ0n) is 15.9. The zero-order valence-corrected chi connectivity index (χ0v) is 15.9. The average molecular weight is 393 g/mol. The number of hydrogen-bond acceptors (Lipinski definition) is 7. The molecule has 0 unspecified atom stereocenters. The van der Waals surface area contributed by atoms with Crippen molar-refractivity contribution in [2.75, 3.05) is 20.8 Å². The molecule has 1 aromatic heterocycles. The normalized spacial score (nSPS) is 10.7. The minimum absolute atomic E-state index is 0.0293. The van der Waals surface area contributed by atoms with E-state index in [2.05, 4.69) is 20.7 Å². The summed E-state index contributed by atoms with van der Waals surface area (Å²) in [6.07, 6.45) is 1.54. The van der Waals surface area contributed by atoms with E-state index in [1.165, 1.54) is 7.05 Å². The molecule has 1 N–H and O–H groups in total. The van der Waals surface area contributed by atoms with Crippen LogP contribution in [-0.2, 0) is 0 Å². The maximum Gasteiger partial charge on any atom is 0.277 e. The largest absolute Gasteiger partial charge is 0.497 e. The molecule has 3 aromatic rings. The first kappa shape index (κ1) is 19.7. The molecule has 0 saturated heterocycles. The van der Waals surface area contributed by atoms with Gasteiger partial charge in [-0.15, -0.1) is 5.10 Å². The molecule has 1 amide bonds. The Kier molecular flexibility index (Phi) is 6.31. The van der Waals surface area contributed by atoms with Gasteiger partial charge in [0.05, 0.1) is 13.3 Å². The first-order chi connectivity index (χ1) is 14.1. The molecule has 3 rings (SSSR count). The molecule has 9 nitrogen and oxygen atoms in total. The van der Waals surface area contributed by atoms with Crippen molar-refractivity contribution in [3.63, 3.8) is 0 Å². The molecule has 0 aliphatic heterocycles. The van der Waals surface area contributed by atoms with Crippen LogP contribution in [0.4, 0.5) is 0 Å². The van der Waals surface area contributed by atoms with E-state index in [4.69, 9.17) is 9.47 Å². The lowest BCUT2D eigenvalue weighted by atomic mass is 10.1. The van der Waals surface area contributed by atoms with E-state index in [-0.39, 0.29) is 24.0 Å². The molecular formula is C20H19N5O4. The van der Waals surface area contributed by atoms with E-state index in [1.54, 1.807) is 37.6 Å². The molecule has 0 bridgehead atoms. The Morgan fingerprint density at radius 1 is 1.14 bits per heavy atom. The van der Waals surface area contributed by atoms with E-state index in [1.807, 2.05) is 30.3 Å². The van der Waals surface area contributed by atoms with Crippen LogP contribution in [-0.4, -0.2) is 53.8 Å². The Hall–Kier alpha value is -4.01. The second kappa shape index (κ2) is 9.27. The third-order valence-electron chi connectivity index (χ3n) is 3.92. The topological polar surface area (TPSA) is 108 Å². The molecule has 0 fully saturated rings. The lowest BCUT2D eigenvalue weighted by Crippen LogP contribution is -2.21. The second-order valence-electron chi connectivity index (χ2n) is 5.81. The van der Waals surface area contributed by atoms with Crippen molar-refractivity contribution in [3.05, 3.63) is 71.4 Å². The monoisotopic (exact) mass is 393 g/mol. The first-order valence-electron chi connectivity index (χ1n) is 8.69. The number of ketones is 1. The van der Waals surface area contributed by atoms with Crippen LogP contribution >= 0.6 is 0 Å². The second-order valence-corrected chi connectivity index (χ2v) is 5.81. The van der Waals surface area contributed by atoms with Gasteiger partial charge < -0.3 is 14.8 Å². The number of ether oxygens (including phenoxy) is 2. The zero-order chi connectivity index (χ0) is 20.6. The number of carbonyl (C=O) groups is 2. The molecular weight excluding hydrogens is 374 g/mol. The summed E-state index contributed by atoms with van der Waals surface area (Å²) in [5, 5.41) is 14.3. The van der Waals surface area contributed by atoms with Gasteiger partial charge in [-0.3, -0.25) is 9.59 Å². The van der Waals surface area contributed by atoms with Crippen LogP contribution in [0.2, 0.25) is 0 Å². The highest BCUT2D eigenvalue weighted by molar-refractivity contribution is 5.98. The fourth-order valence-corrected chi connectivity index (χ4v) is 2.38. The van der Waals surface area contributed by atoms with Gasteiger partial charge in [0, 0.05) is 12.6 Å². The molecule has 0 spiro atoms. The molecule has 0 saturated carbocycles. The number of aromatic nitrogens is 3. The first-order valence-corrected chi connectivity index (χ1v) is 8.69. The minimum Gasteiger partial charge on any atom is -0.497 e. The van der Waals surface area contributed by atoms with Gasteiger partial charge in [0.2, 0.25) is 5.69 Å². The Balaban J connectivity index is 1.80. The smallest absolute Gasteiger partial charge is 0.277 e. The highest BCUT2D eigenvalue weighted by Gasteiger charge is 2.21. The fourth-order valence-electron chi connectivity index (χ4n) is 2.38. The Morgan fingerprint density at radius 3 is 2.52 bits per heavy atom. The molecule has 0 radical (unpaired) electrons. The van der Waals surface area contributed by atoms with Crippen molar-refractivity contribution in [2.45, 2.75) is 0 Å². The van der Waals surface area contributed by atoms with Gasteiger partial charge in [-0.25, -0.2) is 0 Å². The Labute approximate surface area is 166 Å². The van der Waals surface area contributed by atoms with Crippen molar-refractivity contribution >= 4 is 17.9 Å². The number of Topliss-reactive ketones (excluding diaryl/α,β-unsaturated/α-hetero) is 1. The third kappa shape index (κ3) is 4.83. The lowest BCUT2D eigenvalue weighted by molar-refractivity contribution is 0.0898. The van der Waals surface area contributed by atoms with Gasteiger partial charge in [-0.05, 0) is 35.0 Å². The molecule has 0 atom stereocenters. The number of amides is 1. The summed E-state index contributed by atoms with van der Waals surface area (Å²) >= 11 is 0. The molecule has 2 aromatic carbocycles. The molecule has 9 heteroatoms. The van der Waals surface area contributed by atoms with E-state index in [0.717, 1.165) is 10.4 Å².